The van der Waals surface area contributed by atoms with Crippen LogP contribution in [0.2, 0.25) is 0 Å². The van der Waals surface area contributed by atoms with E-state index in [0.29, 0.717) is 19.8 Å². The average molecular weight is 382 g/mol. The van der Waals surface area contributed by atoms with Crippen LogP contribution in [0.15, 0.2) is 24.3 Å². The zero-order chi connectivity index (χ0) is 20.2. The summed E-state index contributed by atoms with van der Waals surface area (Å²) < 4.78 is 21.8. The van der Waals surface area contributed by atoms with Gasteiger partial charge < -0.3 is 24.1 Å². The van der Waals surface area contributed by atoms with Gasteiger partial charge in [-0.3, -0.25) is 4.79 Å². The van der Waals surface area contributed by atoms with E-state index in [-0.39, 0.29) is 37.1 Å². The van der Waals surface area contributed by atoms with E-state index in [1.165, 1.54) is 0 Å². The monoisotopic (exact) mass is 382 g/mol. The number of ether oxygens (including phenoxy) is 4. The van der Waals surface area contributed by atoms with E-state index in [0.717, 1.165) is 11.1 Å². The van der Waals surface area contributed by atoms with Gasteiger partial charge in [-0.2, -0.15) is 0 Å². The van der Waals surface area contributed by atoms with E-state index in [4.69, 9.17) is 18.9 Å². The van der Waals surface area contributed by atoms with E-state index < -0.39 is 6.10 Å². The largest absolute Gasteiger partial charge is 0.463 e. The molecule has 0 bridgehead atoms. The van der Waals surface area contributed by atoms with Crippen molar-refractivity contribution in [1.29, 1.82) is 0 Å². The fourth-order valence-electron chi connectivity index (χ4n) is 2.24. The van der Waals surface area contributed by atoms with Crippen molar-refractivity contribution in [2.24, 2.45) is 11.8 Å². The van der Waals surface area contributed by atoms with Crippen molar-refractivity contribution >= 4 is 5.97 Å². The maximum absolute atomic E-state index is 11.5. The van der Waals surface area contributed by atoms with Gasteiger partial charge in [0.2, 0.25) is 0 Å². The summed E-state index contributed by atoms with van der Waals surface area (Å²) in [6.45, 7) is 8.92. The van der Waals surface area contributed by atoms with Crippen LogP contribution in [0.3, 0.4) is 0 Å². The molecule has 0 saturated carbocycles. The van der Waals surface area contributed by atoms with Crippen LogP contribution in [-0.4, -0.2) is 50.7 Å². The van der Waals surface area contributed by atoms with E-state index in [2.05, 4.69) is 0 Å². The Kier molecular flexibility index (Phi) is 11.2. The van der Waals surface area contributed by atoms with Crippen molar-refractivity contribution in [2.45, 2.75) is 46.5 Å². The summed E-state index contributed by atoms with van der Waals surface area (Å²) in [5.41, 5.74) is 2.24. The number of hydrogen-bond acceptors (Lipinski definition) is 6. The zero-order valence-corrected chi connectivity index (χ0v) is 17.1. The molecule has 0 amide bonds. The molecule has 1 rings (SSSR count). The van der Waals surface area contributed by atoms with Crippen LogP contribution in [0, 0.1) is 11.8 Å². The molecule has 0 aliphatic rings. The van der Waals surface area contributed by atoms with Gasteiger partial charge in [0.05, 0.1) is 38.4 Å². The highest BCUT2D eigenvalue weighted by Crippen LogP contribution is 2.16. The average Bonchev–Trinajstić information content (AvgIpc) is 2.67. The van der Waals surface area contributed by atoms with Crippen LogP contribution in [0.4, 0.5) is 0 Å². The maximum atomic E-state index is 11.5. The summed E-state index contributed by atoms with van der Waals surface area (Å²) in [5, 5.41) is 9.34. The quantitative estimate of drug-likeness (QED) is 0.529. The van der Waals surface area contributed by atoms with E-state index in [9.17, 15) is 9.90 Å². The lowest BCUT2D eigenvalue weighted by Gasteiger charge is -2.19. The third-order valence-corrected chi connectivity index (χ3v) is 4.18. The smallest absolute Gasteiger partial charge is 0.308 e. The number of rotatable bonds is 13. The molecule has 6 heteroatoms. The molecule has 1 aromatic rings. The summed E-state index contributed by atoms with van der Waals surface area (Å²) in [7, 11) is 1.70. The summed E-state index contributed by atoms with van der Waals surface area (Å²) in [6, 6.07) is 8.17. The molecule has 6 nitrogen and oxygen atoms in total. The Morgan fingerprint density at radius 1 is 1.04 bits per heavy atom. The molecule has 0 radical (unpaired) electrons. The summed E-state index contributed by atoms with van der Waals surface area (Å²) >= 11 is 0. The number of aliphatic hydroxyl groups is 1. The molecule has 0 saturated heterocycles. The molecular weight excluding hydrogens is 348 g/mol. The Morgan fingerprint density at radius 3 is 2.26 bits per heavy atom. The topological polar surface area (TPSA) is 74.2 Å². The molecule has 0 aliphatic heterocycles. The standard InChI is InChI=1S/C21H34O6/c1-15(2)21(23)27-14-20(10-22)26-12-16(3)11-25-13-18-6-8-19(9-7-18)17(4)24-5/h6-9,15-17,20,22H,10-14H2,1-5H3. The van der Waals surface area contributed by atoms with Gasteiger partial charge >= 0.3 is 5.97 Å². The van der Waals surface area contributed by atoms with Crippen LogP contribution in [0.1, 0.15) is 44.9 Å². The zero-order valence-electron chi connectivity index (χ0n) is 17.1. The minimum Gasteiger partial charge on any atom is -0.463 e. The third kappa shape index (κ3) is 9.33. The van der Waals surface area contributed by atoms with Crippen molar-refractivity contribution < 1.29 is 28.8 Å². The SMILES string of the molecule is COC(C)c1ccc(COCC(C)COC(CO)COC(=O)C(C)C)cc1. The number of carbonyl (C=O) groups excluding carboxylic acids is 1. The molecule has 0 aliphatic carbocycles. The van der Waals surface area contributed by atoms with Gasteiger partial charge in [-0.15, -0.1) is 0 Å². The van der Waals surface area contributed by atoms with E-state index in [1.54, 1.807) is 21.0 Å². The summed E-state index contributed by atoms with van der Waals surface area (Å²) in [6.07, 6.45) is -0.429. The van der Waals surface area contributed by atoms with E-state index in [1.807, 2.05) is 38.1 Å². The van der Waals surface area contributed by atoms with Crippen molar-refractivity contribution in [3.8, 4) is 0 Å². The Labute approximate surface area is 162 Å². The van der Waals surface area contributed by atoms with E-state index >= 15 is 0 Å². The summed E-state index contributed by atoms with van der Waals surface area (Å²) in [5.74, 6) is -0.324. The van der Waals surface area contributed by atoms with Crippen molar-refractivity contribution in [1.82, 2.24) is 0 Å². The normalized spacial score (nSPS) is 14.8. The number of hydrogen-bond donors (Lipinski definition) is 1. The fraction of sp³-hybridized carbons (Fsp3) is 0.667. The third-order valence-electron chi connectivity index (χ3n) is 4.18. The minimum atomic E-state index is -0.509. The van der Waals surface area contributed by atoms with Crippen LogP contribution >= 0.6 is 0 Å². The van der Waals surface area contributed by atoms with Crippen LogP contribution in [0.5, 0.6) is 0 Å². The lowest BCUT2D eigenvalue weighted by molar-refractivity contribution is -0.153. The highest BCUT2D eigenvalue weighted by molar-refractivity contribution is 5.71. The first-order chi connectivity index (χ1) is 12.9. The molecule has 0 heterocycles. The number of carbonyl (C=O) groups is 1. The lowest BCUT2D eigenvalue weighted by atomic mass is 10.1. The van der Waals surface area contributed by atoms with Gasteiger partial charge in [0.25, 0.3) is 0 Å². The van der Waals surface area contributed by atoms with Gasteiger partial charge in [0.15, 0.2) is 0 Å². The van der Waals surface area contributed by atoms with Gasteiger partial charge in [-0.05, 0) is 18.1 Å². The highest BCUT2D eigenvalue weighted by Gasteiger charge is 2.15. The van der Waals surface area contributed by atoms with Gasteiger partial charge in [-0.25, -0.2) is 0 Å². The van der Waals surface area contributed by atoms with Crippen LogP contribution in [-0.2, 0) is 30.3 Å². The lowest BCUT2D eigenvalue weighted by Crippen LogP contribution is -2.29. The predicted molar refractivity (Wildman–Crippen MR) is 103 cm³/mol. The van der Waals surface area contributed by atoms with Gasteiger partial charge in [0, 0.05) is 13.0 Å². The molecule has 0 fully saturated rings. The number of esters is 1. The summed E-state index contributed by atoms with van der Waals surface area (Å²) in [4.78, 5) is 11.5. The first kappa shape index (κ1) is 23.6. The Bertz CT molecular complexity index is 528. The number of methoxy groups -OCH3 is 1. The second-order valence-corrected chi connectivity index (χ2v) is 7.16. The first-order valence-electron chi connectivity index (χ1n) is 9.45. The van der Waals surface area contributed by atoms with Gasteiger partial charge in [-0.1, -0.05) is 45.0 Å². The van der Waals surface area contributed by atoms with Crippen LogP contribution in [0.25, 0.3) is 0 Å². The Balaban J connectivity index is 2.26. The molecule has 1 N–H and O–H groups in total. The van der Waals surface area contributed by atoms with Crippen LogP contribution < -0.4 is 0 Å². The molecule has 0 aromatic heterocycles. The van der Waals surface area contributed by atoms with Crippen molar-refractivity contribution in [3.63, 3.8) is 0 Å². The second kappa shape index (κ2) is 12.8. The predicted octanol–water partition coefficient (Wildman–Crippen LogP) is 3.12. The molecule has 154 valence electrons. The maximum Gasteiger partial charge on any atom is 0.308 e. The Morgan fingerprint density at radius 2 is 1.70 bits per heavy atom. The van der Waals surface area contributed by atoms with Crippen molar-refractivity contribution in [3.05, 3.63) is 35.4 Å². The number of aliphatic hydroxyl groups excluding tert-OH is 1. The fourth-order valence-corrected chi connectivity index (χ4v) is 2.24. The molecule has 3 atom stereocenters. The second-order valence-electron chi connectivity index (χ2n) is 7.16. The minimum absolute atomic E-state index is 0.0628. The van der Waals surface area contributed by atoms with Gasteiger partial charge in [0.1, 0.15) is 12.7 Å². The molecule has 0 spiro atoms. The molecule has 1 aromatic carbocycles. The Hall–Kier alpha value is -1.47. The highest BCUT2D eigenvalue weighted by atomic mass is 16.6. The first-order valence-corrected chi connectivity index (χ1v) is 9.45. The molecular formula is C21H34O6. The molecule has 3 unspecified atom stereocenters. The van der Waals surface area contributed by atoms with Crippen molar-refractivity contribution in [2.75, 3.05) is 33.5 Å². The molecule has 27 heavy (non-hydrogen) atoms. The number of benzene rings is 1.